The summed E-state index contributed by atoms with van der Waals surface area (Å²) in [7, 11) is 0. The average molecular weight is 427 g/mol. The lowest BCUT2D eigenvalue weighted by atomic mass is 9.47. The molecule has 0 aromatic heterocycles. The maximum atomic E-state index is 10.4. The summed E-state index contributed by atoms with van der Waals surface area (Å²) in [6.45, 7) is 14.2. The van der Waals surface area contributed by atoms with E-state index in [0.717, 1.165) is 19.3 Å². The zero-order valence-corrected chi connectivity index (χ0v) is 20.4. The van der Waals surface area contributed by atoms with Crippen molar-refractivity contribution in [1.82, 2.24) is 0 Å². The highest BCUT2D eigenvalue weighted by molar-refractivity contribution is 5.48. The van der Waals surface area contributed by atoms with E-state index in [1.807, 2.05) is 0 Å². The molecule has 4 aliphatic carbocycles. The fraction of sp³-hybridized carbons (Fsp3) is 0.786. The number of hydrogen-bond acceptors (Lipinski definition) is 3. The molecular weight excluding hydrogens is 384 g/mol. The molecule has 0 aromatic carbocycles. The van der Waals surface area contributed by atoms with Crippen LogP contribution >= 0.6 is 0 Å². The van der Waals surface area contributed by atoms with Gasteiger partial charge in [-0.15, -0.1) is 0 Å². The van der Waals surface area contributed by atoms with Crippen LogP contribution < -0.4 is 0 Å². The van der Waals surface area contributed by atoms with Crippen LogP contribution in [0.25, 0.3) is 0 Å². The number of rotatable bonds is 4. The molecule has 31 heavy (non-hydrogen) atoms. The summed E-state index contributed by atoms with van der Waals surface area (Å²) in [6, 6.07) is 0. The lowest BCUT2D eigenvalue weighted by Gasteiger charge is -2.66. The standard InChI is InChI=1S/C28H42O3/c1-18(2)19(3)7-8-20(4)22-9-10-23-25(22,5)13-12-24-26(6)14-11-21(29)17-27(26)15-16-28(23,24)31-30-27/h7-8,12,15-16,18-23,29H,9-11,13-14,17H2,1-6H3/b8-7+/t19-,20+,21-,22-,23+,25+,26-,27+,28-/m0/s1. The van der Waals surface area contributed by atoms with Gasteiger partial charge in [-0.25, -0.2) is 9.78 Å². The Balaban J connectivity index is 1.48. The van der Waals surface area contributed by atoms with Gasteiger partial charge in [0.1, 0.15) is 11.2 Å². The molecule has 1 N–H and O–H groups in total. The second-order valence-corrected chi connectivity index (χ2v) is 12.3. The Hall–Kier alpha value is -0.900. The topological polar surface area (TPSA) is 38.7 Å². The van der Waals surface area contributed by atoms with Crippen molar-refractivity contribution in [2.45, 2.75) is 97.4 Å². The molecule has 3 heteroatoms. The first-order valence-electron chi connectivity index (χ1n) is 12.7. The van der Waals surface area contributed by atoms with Gasteiger partial charge in [0.2, 0.25) is 0 Å². The van der Waals surface area contributed by atoms with Gasteiger partial charge in [-0.05, 0) is 78.9 Å². The van der Waals surface area contributed by atoms with Crippen molar-refractivity contribution in [1.29, 1.82) is 0 Å². The van der Waals surface area contributed by atoms with Crippen LogP contribution in [0.5, 0.6) is 0 Å². The fourth-order valence-corrected chi connectivity index (χ4v) is 8.01. The quantitative estimate of drug-likeness (QED) is 0.418. The molecule has 2 spiro atoms. The van der Waals surface area contributed by atoms with E-state index in [9.17, 15) is 5.11 Å². The van der Waals surface area contributed by atoms with Gasteiger partial charge < -0.3 is 5.11 Å². The molecule has 1 saturated heterocycles. The van der Waals surface area contributed by atoms with Crippen LogP contribution in [0.2, 0.25) is 0 Å². The minimum Gasteiger partial charge on any atom is -0.393 e. The Morgan fingerprint density at radius 3 is 2.48 bits per heavy atom. The van der Waals surface area contributed by atoms with E-state index in [1.165, 1.54) is 18.4 Å². The van der Waals surface area contributed by atoms with Crippen molar-refractivity contribution in [3.05, 3.63) is 36.0 Å². The minimum atomic E-state index is -0.507. The van der Waals surface area contributed by atoms with Gasteiger partial charge in [0.05, 0.1) is 6.10 Å². The molecule has 3 nitrogen and oxygen atoms in total. The van der Waals surface area contributed by atoms with E-state index in [2.05, 4.69) is 71.9 Å². The predicted molar refractivity (Wildman–Crippen MR) is 124 cm³/mol. The van der Waals surface area contributed by atoms with Crippen molar-refractivity contribution >= 4 is 0 Å². The predicted octanol–water partition coefficient (Wildman–Crippen LogP) is 6.39. The first-order chi connectivity index (χ1) is 14.6. The lowest BCUT2D eigenvalue weighted by molar-refractivity contribution is -0.455. The van der Waals surface area contributed by atoms with Crippen LogP contribution in [0.15, 0.2) is 36.0 Å². The molecule has 6 aliphatic rings. The first kappa shape index (κ1) is 21.9. The minimum absolute atomic E-state index is 0.0726. The molecule has 2 saturated carbocycles. The largest absolute Gasteiger partial charge is 0.393 e. The van der Waals surface area contributed by atoms with Crippen LogP contribution in [-0.4, -0.2) is 22.4 Å². The van der Waals surface area contributed by atoms with Gasteiger partial charge in [0, 0.05) is 17.8 Å². The molecule has 0 radical (unpaired) electrons. The van der Waals surface area contributed by atoms with Gasteiger partial charge in [0.15, 0.2) is 0 Å². The van der Waals surface area contributed by atoms with E-state index in [1.54, 1.807) is 0 Å². The molecule has 0 unspecified atom stereocenters. The SMILES string of the molecule is CC(C)[C@@H](C)/C=C/[C@@H](C)[C@@H]1CC[C@@H]2[C@]1(C)CC=C1[C@]3(C)CC[C@H](O)C[C@]34C=C[C@@]12OO4. The number of hydrogen-bond donors (Lipinski definition) is 1. The van der Waals surface area contributed by atoms with Crippen LogP contribution in [0.3, 0.4) is 0 Å². The summed E-state index contributed by atoms with van der Waals surface area (Å²) >= 11 is 0. The van der Waals surface area contributed by atoms with Gasteiger partial charge in [-0.1, -0.05) is 59.8 Å². The Bertz CT molecular complexity index is 826. The zero-order chi connectivity index (χ0) is 22.2. The van der Waals surface area contributed by atoms with E-state index >= 15 is 0 Å². The Morgan fingerprint density at radius 2 is 1.81 bits per heavy atom. The van der Waals surface area contributed by atoms with Crippen LogP contribution in [0.1, 0.15) is 80.1 Å². The van der Waals surface area contributed by atoms with Crippen molar-refractivity contribution in [2.75, 3.05) is 0 Å². The highest BCUT2D eigenvalue weighted by atomic mass is 17.2. The van der Waals surface area contributed by atoms with E-state index < -0.39 is 11.2 Å². The zero-order valence-electron chi connectivity index (χ0n) is 20.4. The number of aliphatic hydroxyl groups excluding tert-OH is 1. The van der Waals surface area contributed by atoms with Gasteiger partial charge in [0.25, 0.3) is 0 Å². The average Bonchev–Trinajstić information content (AvgIpc) is 3.09. The van der Waals surface area contributed by atoms with Gasteiger partial charge >= 0.3 is 0 Å². The molecule has 3 fully saturated rings. The summed E-state index contributed by atoms with van der Waals surface area (Å²) in [5.41, 5.74) is 0.656. The van der Waals surface area contributed by atoms with Crippen LogP contribution in [0, 0.1) is 40.4 Å². The lowest BCUT2D eigenvalue weighted by Crippen LogP contribution is -2.69. The van der Waals surface area contributed by atoms with E-state index in [0.29, 0.717) is 36.0 Å². The summed E-state index contributed by atoms with van der Waals surface area (Å²) in [5.74, 6) is 2.98. The molecule has 0 aromatic rings. The van der Waals surface area contributed by atoms with Crippen molar-refractivity contribution < 1.29 is 14.9 Å². The molecule has 6 rings (SSSR count). The molecule has 172 valence electrons. The smallest absolute Gasteiger partial charge is 0.147 e. The molecule has 0 amide bonds. The van der Waals surface area contributed by atoms with Crippen molar-refractivity contribution in [3.63, 3.8) is 0 Å². The monoisotopic (exact) mass is 426 g/mol. The molecule has 2 heterocycles. The number of allylic oxidation sites excluding steroid dienone is 3. The Labute approximate surface area is 188 Å². The fourth-order valence-electron chi connectivity index (χ4n) is 8.01. The molecule has 2 bridgehead atoms. The Morgan fingerprint density at radius 1 is 1.03 bits per heavy atom. The maximum Gasteiger partial charge on any atom is 0.147 e. The van der Waals surface area contributed by atoms with E-state index in [4.69, 9.17) is 9.78 Å². The molecule has 2 aliphatic heterocycles. The molecular formula is C28H42O3. The van der Waals surface area contributed by atoms with Crippen LogP contribution in [-0.2, 0) is 9.78 Å². The third-order valence-electron chi connectivity index (χ3n) is 10.5. The van der Waals surface area contributed by atoms with Gasteiger partial charge in [-0.3, -0.25) is 0 Å². The maximum absolute atomic E-state index is 10.4. The Kier molecular flexibility index (Phi) is 4.98. The number of fused-ring (bicyclic) bond motifs is 2. The van der Waals surface area contributed by atoms with Crippen molar-refractivity contribution in [2.24, 2.45) is 40.4 Å². The molecule has 9 atom stereocenters. The number of aliphatic hydroxyl groups is 1. The van der Waals surface area contributed by atoms with E-state index in [-0.39, 0.29) is 16.9 Å². The summed E-state index contributed by atoms with van der Waals surface area (Å²) in [4.78, 5) is 12.6. The highest BCUT2D eigenvalue weighted by Crippen LogP contribution is 2.71. The van der Waals surface area contributed by atoms with Crippen LogP contribution in [0.4, 0.5) is 0 Å². The first-order valence-corrected chi connectivity index (χ1v) is 12.7. The normalized spacial score (nSPS) is 50.2. The van der Waals surface area contributed by atoms with Crippen molar-refractivity contribution in [3.8, 4) is 0 Å². The summed E-state index contributed by atoms with van der Waals surface area (Å²) < 4.78 is 0. The third kappa shape index (κ3) is 2.82. The second-order valence-electron chi connectivity index (χ2n) is 12.3. The second kappa shape index (κ2) is 7.05. The van der Waals surface area contributed by atoms with Gasteiger partial charge in [-0.2, -0.15) is 0 Å². The highest BCUT2D eigenvalue weighted by Gasteiger charge is 2.71. The summed E-state index contributed by atoms with van der Waals surface area (Å²) in [5, 5.41) is 10.4. The third-order valence-corrected chi connectivity index (χ3v) is 10.5. The summed E-state index contributed by atoms with van der Waals surface area (Å²) in [6.07, 6.45) is 17.8.